The number of carbonyl (C=O) groups excluding carboxylic acids is 1. The highest BCUT2D eigenvalue weighted by atomic mass is 32.1. The molecule has 4 aromatic carbocycles. The van der Waals surface area contributed by atoms with Crippen molar-refractivity contribution in [2.24, 2.45) is 0 Å². The van der Waals surface area contributed by atoms with Crippen LogP contribution in [0.1, 0.15) is 85.8 Å². The second-order valence-corrected chi connectivity index (χ2v) is 19.8. The molecule has 1 fully saturated rings. The Labute approximate surface area is 415 Å². The molecule has 13 heteroatoms. The SMILES string of the molecule is CCn1c2ccc(CNCCCCCCCCCNC(=O)COc3ccc(CCc4nc5cc(-c6c(C)noc6C)ccc5n4CCN4CCOCC4)cc3F)cc2c2ccc(-c3cc(C)cs3)cc21. The molecule has 0 atom stereocenters. The van der Waals surface area contributed by atoms with Gasteiger partial charge in [-0.25, -0.2) is 9.37 Å². The van der Waals surface area contributed by atoms with Crippen molar-refractivity contribution < 1.29 is 23.2 Å². The predicted molar refractivity (Wildman–Crippen MR) is 281 cm³/mol. The van der Waals surface area contributed by atoms with Gasteiger partial charge in [-0.05, 0) is 135 Å². The fraction of sp³-hybridized carbons (Fsp3) is 0.421. The Bertz CT molecular complexity index is 3010. The first kappa shape index (κ1) is 49.1. The van der Waals surface area contributed by atoms with E-state index in [9.17, 15) is 4.79 Å². The number of imidazole rings is 1. The lowest BCUT2D eigenvalue weighted by atomic mass is 10.0. The molecular formula is C57H68FN7O4S. The molecule has 1 saturated heterocycles. The number of aromatic nitrogens is 4. The molecule has 0 bridgehead atoms. The minimum atomic E-state index is -0.473. The van der Waals surface area contributed by atoms with Gasteiger partial charge in [0.1, 0.15) is 11.6 Å². The topological polar surface area (TPSA) is 112 Å². The normalized spacial score (nSPS) is 13.3. The van der Waals surface area contributed by atoms with E-state index in [1.165, 1.54) is 68.7 Å². The first-order valence-corrected chi connectivity index (χ1v) is 26.3. The van der Waals surface area contributed by atoms with Gasteiger partial charge in [0.15, 0.2) is 18.2 Å². The molecular weight excluding hydrogens is 898 g/mol. The number of aryl methyl sites for hydroxylation is 6. The zero-order valence-corrected chi connectivity index (χ0v) is 42.2. The minimum absolute atomic E-state index is 0.0790. The molecule has 9 rings (SSSR count). The standard InChI is InChI=1S/C57H68FN7O4S/c1-5-64-50-19-13-43(32-47(50)46-18-16-44(35-52(46)64)54-31-39(2)38-70-54)36-59-23-11-9-7-6-8-10-12-24-60-56(66)37-68-53-21-14-42(33-48(53)58)15-22-55-61-49-34-45(57-40(3)62-69-41(57)4)17-20-51(49)65(55)26-25-63-27-29-67-30-28-63/h13-14,16-21,31-35,38,59H,5-12,15,22-30,36-37H2,1-4H3,(H,60,66). The van der Waals surface area contributed by atoms with Crippen LogP contribution in [0.5, 0.6) is 5.75 Å². The van der Waals surface area contributed by atoms with Gasteiger partial charge < -0.3 is 33.8 Å². The third-order valence-electron chi connectivity index (χ3n) is 13.8. The van der Waals surface area contributed by atoms with Crippen molar-refractivity contribution in [3.05, 3.63) is 124 Å². The molecule has 0 aliphatic carbocycles. The summed E-state index contributed by atoms with van der Waals surface area (Å²) in [5.41, 5.74) is 12.2. The average molecular weight is 966 g/mol. The molecule has 0 radical (unpaired) electrons. The number of nitrogens with zero attached hydrogens (tertiary/aromatic N) is 5. The van der Waals surface area contributed by atoms with Gasteiger partial charge in [-0.15, -0.1) is 11.3 Å². The number of hydrogen-bond acceptors (Lipinski definition) is 9. The maximum absolute atomic E-state index is 15.3. The second-order valence-electron chi connectivity index (χ2n) is 18.9. The molecule has 11 nitrogen and oxygen atoms in total. The molecule has 1 aliphatic rings. The van der Waals surface area contributed by atoms with E-state index in [0.29, 0.717) is 19.4 Å². The highest BCUT2D eigenvalue weighted by Crippen LogP contribution is 2.35. The van der Waals surface area contributed by atoms with Gasteiger partial charge in [0.25, 0.3) is 5.91 Å². The maximum Gasteiger partial charge on any atom is 0.257 e. The highest BCUT2D eigenvalue weighted by molar-refractivity contribution is 7.13. The highest BCUT2D eigenvalue weighted by Gasteiger charge is 2.19. The van der Waals surface area contributed by atoms with E-state index >= 15 is 4.39 Å². The van der Waals surface area contributed by atoms with Gasteiger partial charge in [0.05, 0.1) is 29.9 Å². The van der Waals surface area contributed by atoms with Gasteiger partial charge in [0, 0.05) is 84.5 Å². The predicted octanol–water partition coefficient (Wildman–Crippen LogP) is 11.7. The Balaban J connectivity index is 0.654. The summed E-state index contributed by atoms with van der Waals surface area (Å²) in [4.78, 5) is 21.4. The van der Waals surface area contributed by atoms with Crippen molar-refractivity contribution in [2.45, 2.75) is 105 Å². The number of morpholine rings is 1. The molecule has 4 aromatic heterocycles. The molecule has 70 heavy (non-hydrogen) atoms. The number of rotatable bonds is 24. The van der Waals surface area contributed by atoms with Crippen molar-refractivity contribution >= 4 is 50.1 Å². The van der Waals surface area contributed by atoms with Crippen molar-refractivity contribution in [1.82, 2.24) is 34.8 Å². The van der Waals surface area contributed by atoms with Crippen LogP contribution in [-0.2, 0) is 42.0 Å². The average Bonchev–Trinajstić information content (AvgIpc) is 4.14. The van der Waals surface area contributed by atoms with Crippen LogP contribution >= 0.6 is 11.3 Å². The number of thiophene rings is 1. The largest absolute Gasteiger partial charge is 0.481 e. The van der Waals surface area contributed by atoms with E-state index in [1.807, 2.05) is 31.3 Å². The van der Waals surface area contributed by atoms with Gasteiger partial charge in [0.2, 0.25) is 0 Å². The summed E-state index contributed by atoms with van der Waals surface area (Å²) >= 11 is 1.81. The van der Waals surface area contributed by atoms with Crippen molar-refractivity contribution in [3.8, 4) is 27.3 Å². The number of halogens is 1. The number of fused-ring (bicyclic) bond motifs is 4. The molecule has 1 aliphatic heterocycles. The number of amides is 1. The Kier molecular flexibility index (Phi) is 16.4. The summed E-state index contributed by atoms with van der Waals surface area (Å²) in [6, 6.07) is 27.5. The van der Waals surface area contributed by atoms with E-state index in [4.69, 9.17) is 19.0 Å². The third-order valence-corrected chi connectivity index (χ3v) is 14.9. The van der Waals surface area contributed by atoms with Crippen LogP contribution in [0.25, 0.3) is 54.4 Å². The quantitative estimate of drug-likeness (QED) is 0.0576. The summed E-state index contributed by atoms with van der Waals surface area (Å²) in [7, 11) is 0. The molecule has 0 saturated carbocycles. The minimum Gasteiger partial charge on any atom is -0.481 e. The Morgan fingerprint density at radius 1 is 0.771 bits per heavy atom. The van der Waals surface area contributed by atoms with Crippen LogP contribution in [0.2, 0.25) is 0 Å². The Morgan fingerprint density at radius 3 is 2.30 bits per heavy atom. The van der Waals surface area contributed by atoms with Crippen LogP contribution in [0.3, 0.4) is 0 Å². The molecule has 0 spiro atoms. The van der Waals surface area contributed by atoms with Crippen molar-refractivity contribution in [1.29, 1.82) is 0 Å². The molecule has 368 valence electrons. The van der Waals surface area contributed by atoms with Crippen LogP contribution in [0.15, 0.2) is 88.8 Å². The van der Waals surface area contributed by atoms with Gasteiger partial charge >= 0.3 is 0 Å². The smallest absolute Gasteiger partial charge is 0.257 e. The van der Waals surface area contributed by atoms with Crippen LogP contribution < -0.4 is 15.4 Å². The van der Waals surface area contributed by atoms with E-state index < -0.39 is 5.82 Å². The van der Waals surface area contributed by atoms with Crippen molar-refractivity contribution in [3.63, 3.8) is 0 Å². The lowest BCUT2D eigenvalue weighted by molar-refractivity contribution is -0.123. The lowest BCUT2D eigenvalue weighted by Crippen LogP contribution is -2.38. The Hall–Kier alpha value is -5.86. The van der Waals surface area contributed by atoms with E-state index in [1.54, 1.807) is 6.07 Å². The third kappa shape index (κ3) is 11.8. The second kappa shape index (κ2) is 23.4. The number of hydrogen-bond donors (Lipinski definition) is 2. The van der Waals surface area contributed by atoms with Gasteiger partial charge in [-0.3, -0.25) is 9.69 Å². The summed E-state index contributed by atoms with van der Waals surface area (Å²) in [5, 5.41) is 15.6. The Morgan fingerprint density at radius 2 is 1.54 bits per heavy atom. The van der Waals surface area contributed by atoms with Crippen LogP contribution in [0.4, 0.5) is 4.39 Å². The molecule has 2 N–H and O–H groups in total. The van der Waals surface area contributed by atoms with E-state index in [2.05, 4.69) is 110 Å². The molecule has 5 heterocycles. The molecule has 1 amide bonds. The number of ether oxygens (including phenoxy) is 2. The van der Waals surface area contributed by atoms with Gasteiger partial charge in [-0.1, -0.05) is 67.6 Å². The first-order chi connectivity index (χ1) is 34.2. The molecule has 8 aromatic rings. The zero-order chi connectivity index (χ0) is 48.4. The number of carbonyl (C=O) groups is 1. The summed E-state index contributed by atoms with van der Waals surface area (Å²) in [5.74, 6) is 1.10. The van der Waals surface area contributed by atoms with E-state index in [0.717, 1.165) is 130 Å². The maximum atomic E-state index is 15.3. The lowest BCUT2D eigenvalue weighted by Gasteiger charge is -2.27. The number of unbranched alkanes of at least 4 members (excludes halogenated alkanes) is 6. The molecule has 0 unspecified atom stereocenters. The zero-order valence-electron chi connectivity index (χ0n) is 41.4. The fourth-order valence-corrected chi connectivity index (χ4v) is 11.0. The number of benzene rings is 4. The monoisotopic (exact) mass is 966 g/mol. The summed E-state index contributed by atoms with van der Waals surface area (Å²) in [6.07, 6.45) is 9.15. The summed E-state index contributed by atoms with van der Waals surface area (Å²) in [6.45, 7) is 16.5. The fourth-order valence-electron chi connectivity index (χ4n) is 10.1. The van der Waals surface area contributed by atoms with E-state index in [-0.39, 0.29) is 18.3 Å². The number of nitrogens with one attached hydrogen (secondary N) is 2. The van der Waals surface area contributed by atoms with Crippen LogP contribution in [-0.4, -0.2) is 82.6 Å². The summed E-state index contributed by atoms with van der Waals surface area (Å²) < 4.78 is 36.7. The van der Waals surface area contributed by atoms with Gasteiger partial charge in [-0.2, -0.15) is 0 Å². The first-order valence-electron chi connectivity index (χ1n) is 25.4. The van der Waals surface area contributed by atoms with Crippen LogP contribution in [0, 0.1) is 26.6 Å². The van der Waals surface area contributed by atoms with Crippen molar-refractivity contribution in [2.75, 3.05) is 52.5 Å².